The van der Waals surface area contributed by atoms with Gasteiger partial charge in [0.25, 0.3) is 0 Å². The lowest BCUT2D eigenvalue weighted by atomic mass is 10.3. The van der Waals surface area contributed by atoms with Crippen LogP contribution >= 0.6 is 46.4 Å². The second kappa shape index (κ2) is 5.71. The Labute approximate surface area is 128 Å². The van der Waals surface area contributed by atoms with Crippen LogP contribution in [0.4, 0.5) is 0 Å². The molecule has 1 aromatic carbocycles. The van der Waals surface area contributed by atoms with Crippen molar-refractivity contribution < 1.29 is 4.79 Å². The summed E-state index contributed by atoms with van der Waals surface area (Å²) in [6.45, 7) is 0. The molecule has 0 bridgehead atoms. The number of amides is 1. The molecule has 0 aliphatic rings. The molecule has 2 aromatic rings. The molecule has 2 rings (SSSR count). The number of halogens is 4. The van der Waals surface area contributed by atoms with E-state index in [1.807, 2.05) is 6.07 Å². The van der Waals surface area contributed by atoms with Gasteiger partial charge in [-0.1, -0.05) is 52.1 Å². The molecule has 102 valence electrons. The number of nitrogens with zero attached hydrogens (tertiary/aromatic N) is 3. The number of carbonyl (C=O) groups excluding carboxylic acids is 1. The number of nitrogens with one attached hydrogen (secondary N) is 1. The summed E-state index contributed by atoms with van der Waals surface area (Å²) in [5.41, 5.74) is 1.26. The van der Waals surface area contributed by atoms with Gasteiger partial charge in [-0.05, 0) is 12.1 Å². The van der Waals surface area contributed by atoms with Crippen molar-refractivity contribution >= 4 is 63.3 Å². The largest absolute Gasteiger partial charge is 0.330 e. The number of hydrogen-bond acceptors (Lipinski definition) is 3. The summed E-state index contributed by atoms with van der Waals surface area (Å²) in [5.74, 6) is -0.721. The van der Waals surface area contributed by atoms with E-state index in [-0.39, 0.29) is 5.88 Å². The van der Waals surface area contributed by atoms with E-state index in [0.29, 0.717) is 11.0 Å². The molecule has 0 spiro atoms. The lowest BCUT2D eigenvalue weighted by Gasteiger charge is -2.25. The highest BCUT2D eigenvalue weighted by molar-refractivity contribution is 6.68. The normalized spacial score (nSPS) is 13.5. The minimum atomic E-state index is -1.79. The molecule has 1 amide bonds. The van der Waals surface area contributed by atoms with E-state index in [2.05, 4.69) is 15.6 Å². The molecule has 9 heteroatoms. The molecular formula is C10H8Cl4N4O. The predicted octanol–water partition coefficient (Wildman–Crippen LogP) is 2.66. The van der Waals surface area contributed by atoms with Crippen LogP contribution in [0.15, 0.2) is 24.3 Å². The molecule has 19 heavy (non-hydrogen) atoms. The van der Waals surface area contributed by atoms with Crippen LogP contribution in [-0.4, -0.2) is 30.6 Å². The Morgan fingerprint density at radius 3 is 2.68 bits per heavy atom. The van der Waals surface area contributed by atoms with E-state index in [1.165, 1.54) is 4.68 Å². The van der Waals surface area contributed by atoms with Gasteiger partial charge in [-0.3, -0.25) is 4.79 Å². The van der Waals surface area contributed by atoms with Gasteiger partial charge in [0.1, 0.15) is 11.4 Å². The van der Waals surface area contributed by atoms with Crippen LogP contribution in [0.1, 0.15) is 6.17 Å². The number of rotatable bonds is 3. The Hall–Kier alpha value is -0.750. The standard InChI is InChI=1S/C10H8Cl4N4O/c11-5-8(19)15-9(10(12,13)14)18-7-4-2-1-3-6(7)16-17-18/h1-4,9H,5H2,(H,15,19). The molecule has 1 N–H and O–H groups in total. The summed E-state index contributed by atoms with van der Waals surface area (Å²) in [5, 5.41) is 10.3. The van der Waals surface area contributed by atoms with Gasteiger partial charge in [-0.25, -0.2) is 4.68 Å². The van der Waals surface area contributed by atoms with Crippen LogP contribution in [0.2, 0.25) is 0 Å². The number of carbonyl (C=O) groups is 1. The molecule has 0 aliphatic heterocycles. The summed E-state index contributed by atoms with van der Waals surface area (Å²) >= 11 is 23.1. The maximum Gasteiger partial charge on any atom is 0.236 e. The number of para-hydroxylation sites is 1. The van der Waals surface area contributed by atoms with Gasteiger partial charge in [0.05, 0.1) is 5.52 Å². The van der Waals surface area contributed by atoms with Gasteiger partial charge in [-0.15, -0.1) is 16.7 Å². The molecular weight excluding hydrogens is 334 g/mol. The maximum atomic E-state index is 11.4. The Bertz CT molecular complexity index is 594. The summed E-state index contributed by atoms with van der Waals surface area (Å²) in [4.78, 5) is 11.4. The van der Waals surface area contributed by atoms with E-state index in [4.69, 9.17) is 46.4 Å². The van der Waals surface area contributed by atoms with Crippen LogP contribution < -0.4 is 5.32 Å². The van der Waals surface area contributed by atoms with Crippen LogP contribution in [0.5, 0.6) is 0 Å². The van der Waals surface area contributed by atoms with Gasteiger partial charge in [0.2, 0.25) is 9.70 Å². The van der Waals surface area contributed by atoms with Crippen molar-refractivity contribution in [2.75, 3.05) is 5.88 Å². The van der Waals surface area contributed by atoms with Crippen molar-refractivity contribution in [3.8, 4) is 0 Å². The number of fused-ring (bicyclic) bond motifs is 1. The third-order valence-electron chi connectivity index (χ3n) is 2.35. The minimum absolute atomic E-state index is 0.246. The Balaban J connectivity index is 2.46. The van der Waals surface area contributed by atoms with Crippen LogP contribution in [-0.2, 0) is 4.79 Å². The number of aromatic nitrogens is 3. The topological polar surface area (TPSA) is 59.8 Å². The first-order valence-electron chi connectivity index (χ1n) is 5.15. The second-order valence-electron chi connectivity index (χ2n) is 3.67. The average Bonchev–Trinajstić information content (AvgIpc) is 2.78. The highest BCUT2D eigenvalue weighted by Crippen LogP contribution is 2.37. The van der Waals surface area contributed by atoms with E-state index in [0.717, 1.165) is 0 Å². The molecule has 1 aromatic heterocycles. The molecule has 5 nitrogen and oxygen atoms in total. The summed E-state index contributed by atoms with van der Waals surface area (Å²) in [6, 6.07) is 7.12. The number of benzene rings is 1. The van der Waals surface area contributed by atoms with Crippen molar-refractivity contribution in [2.24, 2.45) is 0 Å². The first kappa shape index (κ1) is 14.7. The Kier molecular flexibility index (Phi) is 4.40. The van der Waals surface area contributed by atoms with E-state index < -0.39 is 15.9 Å². The monoisotopic (exact) mass is 340 g/mol. The lowest BCUT2D eigenvalue weighted by Crippen LogP contribution is -2.41. The quantitative estimate of drug-likeness (QED) is 0.873. The highest BCUT2D eigenvalue weighted by atomic mass is 35.6. The van der Waals surface area contributed by atoms with Crippen LogP contribution in [0, 0.1) is 0 Å². The van der Waals surface area contributed by atoms with Gasteiger partial charge in [-0.2, -0.15) is 0 Å². The smallest absolute Gasteiger partial charge is 0.236 e. The van der Waals surface area contributed by atoms with Crippen molar-refractivity contribution in [1.29, 1.82) is 0 Å². The molecule has 1 unspecified atom stereocenters. The molecule has 0 aliphatic carbocycles. The fourth-order valence-corrected chi connectivity index (χ4v) is 2.07. The molecule has 1 heterocycles. The second-order valence-corrected chi connectivity index (χ2v) is 6.30. The third-order valence-corrected chi connectivity index (χ3v) is 3.21. The SMILES string of the molecule is O=C(CCl)NC(n1nnc2ccccc21)C(Cl)(Cl)Cl. The fraction of sp³-hybridized carbons (Fsp3) is 0.300. The van der Waals surface area contributed by atoms with Crippen molar-refractivity contribution in [3.63, 3.8) is 0 Å². The van der Waals surface area contributed by atoms with Crippen molar-refractivity contribution in [2.45, 2.75) is 9.96 Å². The van der Waals surface area contributed by atoms with E-state index in [1.54, 1.807) is 18.2 Å². The fourth-order valence-electron chi connectivity index (χ4n) is 1.55. The molecule has 0 radical (unpaired) electrons. The zero-order valence-corrected chi connectivity index (χ0v) is 12.4. The lowest BCUT2D eigenvalue weighted by molar-refractivity contribution is -0.120. The predicted molar refractivity (Wildman–Crippen MR) is 75.7 cm³/mol. The van der Waals surface area contributed by atoms with Crippen LogP contribution in [0.25, 0.3) is 11.0 Å². The zero-order valence-electron chi connectivity index (χ0n) is 9.36. The summed E-state index contributed by atoms with van der Waals surface area (Å²) < 4.78 is -0.453. The van der Waals surface area contributed by atoms with Crippen molar-refractivity contribution in [3.05, 3.63) is 24.3 Å². The Morgan fingerprint density at radius 1 is 1.37 bits per heavy atom. The molecule has 0 fully saturated rings. The molecule has 1 atom stereocenters. The van der Waals surface area contributed by atoms with E-state index >= 15 is 0 Å². The van der Waals surface area contributed by atoms with Gasteiger partial charge >= 0.3 is 0 Å². The first-order valence-corrected chi connectivity index (χ1v) is 6.82. The minimum Gasteiger partial charge on any atom is -0.330 e. The maximum absolute atomic E-state index is 11.4. The first-order chi connectivity index (χ1) is 8.93. The Morgan fingerprint density at radius 2 is 2.05 bits per heavy atom. The van der Waals surface area contributed by atoms with Gasteiger partial charge in [0.15, 0.2) is 6.17 Å². The van der Waals surface area contributed by atoms with Crippen molar-refractivity contribution in [1.82, 2.24) is 20.3 Å². The average molecular weight is 342 g/mol. The third kappa shape index (κ3) is 3.23. The zero-order chi connectivity index (χ0) is 14.0. The van der Waals surface area contributed by atoms with Crippen LogP contribution in [0.3, 0.4) is 0 Å². The molecule has 0 saturated heterocycles. The van der Waals surface area contributed by atoms with Gasteiger partial charge in [0, 0.05) is 0 Å². The van der Waals surface area contributed by atoms with Gasteiger partial charge < -0.3 is 5.32 Å². The highest BCUT2D eigenvalue weighted by Gasteiger charge is 2.37. The summed E-state index contributed by atoms with van der Waals surface area (Å²) in [6.07, 6.45) is -1.00. The number of alkyl halides is 4. The number of hydrogen-bond donors (Lipinski definition) is 1. The van der Waals surface area contributed by atoms with E-state index in [9.17, 15) is 4.79 Å². The summed E-state index contributed by atoms with van der Waals surface area (Å²) in [7, 11) is 0. The molecule has 0 saturated carbocycles.